The molecule has 0 aliphatic carbocycles. The summed E-state index contributed by atoms with van der Waals surface area (Å²) in [5, 5.41) is 2.92. The van der Waals surface area contributed by atoms with Crippen molar-refractivity contribution in [3.05, 3.63) is 52.4 Å². The molecule has 2 aromatic rings. The maximum Gasteiger partial charge on any atom is 0.321 e. The second-order valence-corrected chi connectivity index (χ2v) is 6.56. The number of halogens is 1. The summed E-state index contributed by atoms with van der Waals surface area (Å²) in [6.45, 7) is 3.92. The van der Waals surface area contributed by atoms with Crippen molar-refractivity contribution >= 4 is 33.6 Å². The van der Waals surface area contributed by atoms with Crippen LogP contribution in [-0.4, -0.2) is 47.9 Å². The lowest BCUT2D eigenvalue weighted by Gasteiger charge is -2.34. The van der Waals surface area contributed by atoms with E-state index in [0.717, 1.165) is 15.7 Å². The number of carbonyl (C=O) groups is 2. The van der Waals surface area contributed by atoms with Gasteiger partial charge in [-0.3, -0.25) is 4.79 Å². The van der Waals surface area contributed by atoms with Gasteiger partial charge in [0.05, 0.1) is 6.26 Å². The molecule has 0 atom stereocenters. The lowest BCUT2D eigenvalue weighted by Crippen LogP contribution is -2.51. The highest BCUT2D eigenvalue weighted by molar-refractivity contribution is 9.10. The Kier molecular flexibility index (Phi) is 4.89. The summed E-state index contributed by atoms with van der Waals surface area (Å²) in [7, 11) is 0. The molecule has 0 bridgehead atoms. The standard InChI is InChI=1S/C17H18BrN3O3/c1-12-11-13(18)4-5-14(12)19-17(23)21-8-6-20(7-9-21)16(22)15-3-2-10-24-15/h2-5,10-11H,6-9H2,1H3,(H,19,23). The van der Waals surface area contributed by atoms with Crippen molar-refractivity contribution in [1.82, 2.24) is 9.80 Å². The van der Waals surface area contributed by atoms with E-state index in [1.54, 1.807) is 21.9 Å². The zero-order valence-electron chi connectivity index (χ0n) is 13.3. The van der Waals surface area contributed by atoms with E-state index in [1.165, 1.54) is 6.26 Å². The van der Waals surface area contributed by atoms with Crippen LogP contribution >= 0.6 is 15.9 Å². The first-order valence-corrected chi connectivity index (χ1v) is 8.49. The molecule has 1 saturated heterocycles. The maximum absolute atomic E-state index is 12.4. The first kappa shape index (κ1) is 16.6. The number of rotatable bonds is 2. The van der Waals surface area contributed by atoms with Gasteiger partial charge in [0, 0.05) is 36.3 Å². The lowest BCUT2D eigenvalue weighted by atomic mass is 10.2. The third-order valence-corrected chi connectivity index (χ3v) is 4.51. The Balaban J connectivity index is 1.56. The average Bonchev–Trinajstić information content (AvgIpc) is 3.11. The van der Waals surface area contributed by atoms with Gasteiger partial charge in [-0.1, -0.05) is 15.9 Å². The highest BCUT2D eigenvalue weighted by Gasteiger charge is 2.26. The maximum atomic E-state index is 12.4. The molecule has 126 valence electrons. The fourth-order valence-electron chi connectivity index (χ4n) is 2.63. The van der Waals surface area contributed by atoms with E-state index in [9.17, 15) is 9.59 Å². The van der Waals surface area contributed by atoms with Crippen LogP contribution in [0.2, 0.25) is 0 Å². The summed E-state index contributed by atoms with van der Waals surface area (Å²) in [6.07, 6.45) is 1.48. The molecule has 1 N–H and O–H groups in total. The largest absolute Gasteiger partial charge is 0.459 e. The molecular formula is C17H18BrN3O3. The Bertz CT molecular complexity index is 738. The zero-order chi connectivity index (χ0) is 17.1. The Morgan fingerprint density at radius 1 is 1.12 bits per heavy atom. The average molecular weight is 392 g/mol. The number of furan rings is 1. The molecule has 0 spiro atoms. The van der Waals surface area contributed by atoms with E-state index >= 15 is 0 Å². The Morgan fingerprint density at radius 3 is 2.46 bits per heavy atom. The predicted octanol–water partition coefficient (Wildman–Crippen LogP) is 3.34. The van der Waals surface area contributed by atoms with Crippen LogP contribution < -0.4 is 5.32 Å². The monoisotopic (exact) mass is 391 g/mol. The molecule has 3 rings (SSSR count). The third-order valence-electron chi connectivity index (χ3n) is 4.02. The Labute approximate surface area is 148 Å². The number of hydrogen-bond donors (Lipinski definition) is 1. The number of hydrogen-bond acceptors (Lipinski definition) is 3. The molecule has 1 aromatic heterocycles. The van der Waals surface area contributed by atoms with Crippen molar-refractivity contribution < 1.29 is 14.0 Å². The second-order valence-electron chi connectivity index (χ2n) is 5.65. The number of nitrogens with zero attached hydrogens (tertiary/aromatic N) is 2. The van der Waals surface area contributed by atoms with Gasteiger partial charge in [0.15, 0.2) is 5.76 Å². The minimum Gasteiger partial charge on any atom is -0.459 e. The van der Waals surface area contributed by atoms with E-state index in [4.69, 9.17) is 4.42 Å². The van der Waals surface area contributed by atoms with Crippen LogP contribution in [0.25, 0.3) is 0 Å². The van der Waals surface area contributed by atoms with Gasteiger partial charge in [-0.15, -0.1) is 0 Å². The number of benzene rings is 1. The molecule has 1 aliphatic heterocycles. The second kappa shape index (κ2) is 7.09. The first-order valence-electron chi connectivity index (χ1n) is 7.69. The first-order chi connectivity index (χ1) is 11.5. The van der Waals surface area contributed by atoms with Crippen LogP contribution in [0, 0.1) is 6.92 Å². The highest BCUT2D eigenvalue weighted by Crippen LogP contribution is 2.20. The summed E-state index contributed by atoms with van der Waals surface area (Å²) in [5.41, 5.74) is 1.78. The minimum atomic E-state index is -0.148. The predicted molar refractivity (Wildman–Crippen MR) is 94.1 cm³/mol. The van der Waals surface area contributed by atoms with Crippen LogP contribution in [0.15, 0.2) is 45.5 Å². The SMILES string of the molecule is Cc1cc(Br)ccc1NC(=O)N1CCN(C(=O)c2ccco2)CC1. The van der Waals surface area contributed by atoms with Gasteiger partial charge in [0.2, 0.25) is 0 Å². The van der Waals surface area contributed by atoms with Crippen LogP contribution in [0.5, 0.6) is 0 Å². The van der Waals surface area contributed by atoms with Crippen molar-refractivity contribution in [1.29, 1.82) is 0 Å². The molecule has 7 heteroatoms. The third kappa shape index (κ3) is 3.62. The van der Waals surface area contributed by atoms with E-state index in [0.29, 0.717) is 31.9 Å². The molecule has 0 unspecified atom stereocenters. The lowest BCUT2D eigenvalue weighted by molar-refractivity contribution is 0.0640. The smallest absolute Gasteiger partial charge is 0.321 e. The van der Waals surface area contributed by atoms with Gasteiger partial charge in [-0.2, -0.15) is 0 Å². The highest BCUT2D eigenvalue weighted by atomic mass is 79.9. The van der Waals surface area contributed by atoms with Crippen LogP contribution in [0.3, 0.4) is 0 Å². The fourth-order valence-corrected chi connectivity index (χ4v) is 3.11. The van der Waals surface area contributed by atoms with Gasteiger partial charge >= 0.3 is 6.03 Å². The fraction of sp³-hybridized carbons (Fsp3) is 0.294. The number of anilines is 1. The molecule has 24 heavy (non-hydrogen) atoms. The summed E-state index contributed by atoms with van der Waals surface area (Å²) >= 11 is 3.41. The van der Waals surface area contributed by atoms with E-state index in [-0.39, 0.29) is 11.9 Å². The Hall–Kier alpha value is -2.28. The van der Waals surface area contributed by atoms with Crippen molar-refractivity contribution in [2.45, 2.75) is 6.92 Å². The quantitative estimate of drug-likeness (QED) is 0.853. The normalized spacial score (nSPS) is 14.6. The number of piperazine rings is 1. The molecule has 6 nitrogen and oxygen atoms in total. The molecular weight excluding hydrogens is 374 g/mol. The molecule has 2 heterocycles. The molecule has 1 aliphatic rings. The van der Waals surface area contributed by atoms with Gasteiger partial charge in [-0.05, 0) is 42.8 Å². The van der Waals surface area contributed by atoms with Crippen LogP contribution in [-0.2, 0) is 0 Å². The van der Waals surface area contributed by atoms with Crippen molar-refractivity contribution in [3.63, 3.8) is 0 Å². The summed E-state index contributed by atoms with van der Waals surface area (Å²) in [4.78, 5) is 28.0. The Morgan fingerprint density at radius 2 is 1.83 bits per heavy atom. The number of carbonyl (C=O) groups excluding carboxylic acids is 2. The topological polar surface area (TPSA) is 65.8 Å². The van der Waals surface area contributed by atoms with Crippen molar-refractivity contribution in [3.8, 4) is 0 Å². The molecule has 3 amide bonds. The van der Waals surface area contributed by atoms with Gasteiger partial charge in [-0.25, -0.2) is 4.79 Å². The van der Waals surface area contributed by atoms with E-state index in [2.05, 4.69) is 21.2 Å². The summed E-state index contributed by atoms with van der Waals surface area (Å²) in [5.74, 6) is 0.196. The van der Waals surface area contributed by atoms with E-state index in [1.807, 2.05) is 25.1 Å². The molecule has 0 radical (unpaired) electrons. The number of aryl methyl sites for hydroxylation is 1. The van der Waals surface area contributed by atoms with E-state index < -0.39 is 0 Å². The van der Waals surface area contributed by atoms with Crippen molar-refractivity contribution in [2.75, 3.05) is 31.5 Å². The summed E-state index contributed by atoms with van der Waals surface area (Å²) < 4.78 is 6.11. The van der Waals surface area contributed by atoms with Gasteiger partial charge < -0.3 is 19.5 Å². The minimum absolute atomic E-state index is 0.135. The van der Waals surface area contributed by atoms with Gasteiger partial charge in [0.1, 0.15) is 0 Å². The zero-order valence-corrected chi connectivity index (χ0v) is 14.9. The van der Waals surface area contributed by atoms with Crippen molar-refractivity contribution in [2.24, 2.45) is 0 Å². The van der Waals surface area contributed by atoms with Gasteiger partial charge in [0.25, 0.3) is 5.91 Å². The summed E-state index contributed by atoms with van der Waals surface area (Å²) in [6, 6.07) is 8.91. The van der Waals surface area contributed by atoms with Crippen LogP contribution in [0.1, 0.15) is 16.1 Å². The molecule has 0 saturated carbocycles. The number of urea groups is 1. The molecule has 1 aromatic carbocycles. The van der Waals surface area contributed by atoms with Crippen LogP contribution in [0.4, 0.5) is 10.5 Å². The number of amides is 3. The number of nitrogens with one attached hydrogen (secondary N) is 1. The molecule has 1 fully saturated rings.